The zero-order chi connectivity index (χ0) is 6.20. The summed E-state index contributed by atoms with van der Waals surface area (Å²) < 4.78 is 16.9. The molecule has 0 N–H and O–H groups in total. The minimum atomic E-state index is -1.71. The van der Waals surface area contributed by atoms with E-state index in [-0.39, 0.29) is 13.0 Å². The molecule has 1 saturated heterocycles. The van der Waals surface area contributed by atoms with Crippen LogP contribution in [0.5, 0.6) is 0 Å². The third-order valence-electron chi connectivity index (χ3n) is 1.23. The van der Waals surface area contributed by atoms with Crippen LogP contribution >= 0.6 is 0 Å². The second kappa shape index (κ2) is 1.44. The Bertz CT molecular complexity index is 120. The van der Waals surface area contributed by atoms with Crippen molar-refractivity contribution in [1.29, 1.82) is 0 Å². The lowest BCUT2D eigenvalue weighted by molar-refractivity contribution is -0.146. The highest BCUT2D eigenvalue weighted by atomic mass is 19.1. The molecule has 0 radical (unpaired) electrons. The summed E-state index contributed by atoms with van der Waals surface area (Å²) in [6.45, 7) is 1.47. The Labute approximate surface area is 46.6 Å². The first-order valence-electron chi connectivity index (χ1n) is 2.49. The fraction of sp³-hybridized carbons (Fsp3) is 0.800. The molecule has 1 fully saturated rings. The van der Waals surface area contributed by atoms with Gasteiger partial charge in [0.1, 0.15) is 0 Å². The standard InChI is InChI=1S/C5H7FO2/c1-5(6)2-3-8-4(5)7/h2-3H2,1H3/t5-/m1/s1. The Hall–Kier alpha value is -0.600. The number of rotatable bonds is 0. The fourth-order valence-corrected chi connectivity index (χ4v) is 0.588. The van der Waals surface area contributed by atoms with Crippen molar-refractivity contribution in [3.8, 4) is 0 Å². The summed E-state index contributed by atoms with van der Waals surface area (Å²) in [7, 11) is 0. The van der Waals surface area contributed by atoms with Crippen molar-refractivity contribution in [3.05, 3.63) is 0 Å². The predicted octanol–water partition coefficient (Wildman–Crippen LogP) is 0.661. The van der Waals surface area contributed by atoms with Gasteiger partial charge in [0.15, 0.2) is 0 Å². The van der Waals surface area contributed by atoms with Gasteiger partial charge in [-0.2, -0.15) is 0 Å². The van der Waals surface area contributed by atoms with Crippen LogP contribution in [-0.4, -0.2) is 18.2 Å². The van der Waals surface area contributed by atoms with Gasteiger partial charge in [-0.25, -0.2) is 9.18 Å². The van der Waals surface area contributed by atoms with E-state index in [2.05, 4.69) is 4.74 Å². The number of carbonyl (C=O) groups is 1. The van der Waals surface area contributed by atoms with E-state index in [1.165, 1.54) is 6.92 Å². The smallest absolute Gasteiger partial charge is 0.343 e. The van der Waals surface area contributed by atoms with Crippen LogP contribution < -0.4 is 0 Å². The molecule has 1 aliphatic heterocycles. The van der Waals surface area contributed by atoms with E-state index in [4.69, 9.17) is 0 Å². The molecule has 1 rings (SSSR count). The normalized spacial score (nSPS) is 37.5. The van der Waals surface area contributed by atoms with Gasteiger partial charge < -0.3 is 4.74 Å². The molecule has 0 aromatic heterocycles. The molecule has 0 spiro atoms. The van der Waals surface area contributed by atoms with E-state index in [1.54, 1.807) is 0 Å². The summed E-state index contributed by atoms with van der Waals surface area (Å²) in [5.41, 5.74) is -1.71. The van der Waals surface area contributed by atoms with Crippen molar-refractivity contribution in [3.63, 3.8) is 0 Å². The van der Waals surface area contributed by atoms with Gasteiger partial charge in [0, 0.05) is 6.42 Å². The van der Waals surface area contributed by atoms with E-state index >= 15 is 0 Å². The number of carbonyl (C=O) groups excluding carboxylic acids is 1. The number of halogens is 1. The van der Waals surface area contributed by atoms with Gasteiger partial charge in [-0.1, -0.05) is 0 Å². The van der Waals surface area contributed by atoms with Crippen molar-refractivity contribution < 1.29 is 13.9 Å². The molecule has 46 valence electrons. The highest BCUT2D eigenvalue weighted by Crippen LogP contribution is 2.22. The lowest BCUT2D eigenvalue weighted by Crippen LogP contribution is -2.23. The van der Waals surface area contributed by atoms with Crippen LogP contribution in [0.25, 0.3) is 0 Å². The zero-order valence-corrected chi connectivity index (χ0v) is 4.61. The van der Waals surface area contributed by atoms with E-state index < -0.39 is 11.6 Å². The Morgan fingerprint density at radius 1 is 1.88 bits per heavy atom. The number of hydrogen-bond donors (Lipinski definition) is 0. The number of hydrogen-bond acceptors (Lipinski definition) is 2. The molecule has 0 aromatic carbocycles. The van der Waals surface area contributed by atoms with Gasteiger partial charge in [0.05, 0.1) is 6.61 Å². The minimum Gasteiger partial charge on any atom is -0.463 e. The maximum atomic E-state index is 12.5. The van der Waals surface area contributed by atoms with E-state index in [0.29, 0.717) is 0 Å². The molecule has 0 aromatic rings. The van der Waals surface area contributed by atoms with Crippen molar-refractivity contribution in [1.82, 2.24) is 0 Å². The maximum Gasteiger partial charge on any atom is 0.343 e. The Morgan fingerprint density at radius 3 is 2.62 bits per heavy atom. The molecule has 1 atom stereocenters. The first-order chi connectivity index (χ1) is 3.63. The van der Waals surface area contributed by atoms with E-state index in [9.17, 15) is 9.18 Å². The molecule has 2 nitrogen and oxygen atoms in total. The largest absolute Gasteiger partial charge is 0.463 e. The van der Waals surface area contributed by atoms with Crippen molar-refractivity contribution >= 4 is 5.97 Å². The van der Waals surface area contributed by atoms with Crippen molar-refractivity contribution in [2.75, 3.05) is 6.61 Å². The molecular weight excluding hydrogens is 111 g/mol. The number of ether oxygens (including phenoxy) is 1. The highest BCUT2D eigenvalue weighted by Gasteiger charge is 2.39. The molecule has 0 amide bonds. The zero-order valence-electron chi connectivity index (χ0n) is 4.61. The monoisotopic (exact) mass is 118 g/mol. The molecule has 1 aliphatic rings. The van der Waals surface area contributed by atoms with Gasteiger partial charge in [-0.3, -0.25) is 0 Å². The summed E-state index contributed by atoms with van der Waals surface area (Å²) in [6, 6.07) is 0. The Balaban J connectivity index is 2.68. The average molecular weight is 118 g/mol. The van der Waals surface area contributed by atoms with Crippen LogP contribution in [-0.2, 0) is 9.53 Å². The average Bonchev–Trinajstić information content (AvgIpc) is 1.86. The summed E-state index contributed by atoms with van der Waals surface area (Å²) in [5.74, 6) is -0.725. The third-order valence-corrected chi connectivity index (χ3v) is 1.23. The number of cyclic esters (lactones) is 1. The molecular formula is C5H7FO2. The van der Waals surface area contributed by atoms with Crippen molar-refractivity contribution in [2.45, 2.75) is 19.0 Å². The first-order valence-corrected chi connectivity index (χ1v) is 2.49. The lowest BCUT2D eigenvalue weighted by Gasteiger charge is -2.03. The van der Waals surface area contributed by atoms with Crippen molar-refractivity contribution in [2.24, 2.45) is 0 Å². The van der Waals surface area contributed by atoms with Crippen LogP contribution in [0.4, 0.5) is 4.39 Å². The molecule has 3 heteroatoms. The minimum absolute atomic E-state index is 0.200. The molecule has 1 heterocycles. The number of alkyl halides is 1. The lowest BCUT2D eigenvalue weighted by atomic mass is 10.1. The summed E-state index contributed by atoms with van der Waals surface area (Å²) >= 11 is 0. The van der Waals surface area contributed by atoms with Gasteiger partial charge >= 0.3 is 5.97 Å². The summed E-state index contributed by atoms with van der Waals surface area (Å²) in [6.07, 6.45) is 0.200. The Kier molecular flexibility index (Phi) is 0.994. The van der Waals surface area contributed by atoms with Gasteiger partial charge in [0.25, 0.3) is 0 Å². The fourth-order valence-electron chi connectivity index (χ4n) is 0.588. The van der Waals surface area contributed by atoms with E-state index in [0.717, 1.165) is 0 Å². The highest BCUT2D eigenvalue weighted by molar-refractivity contribution is 5.80. The van der Waals surface area contributed by atoms with E-state index in [1.807, 2.05) is 0 Å². The molecule has 0 bridgehead atoms. The topological polar surface area (TPSA) is 26.3 Å². The predicted molar refractivity (Wildman–Crippen MR) is 25.1 cm³/mol. The van der Waals surface area contributed by atoms with Crippen LogP contribution in [0.3, 0.4) is 0 Å². The second-order valence-electron chi connectivity index (χ2n) is 2.08. The SMILES string of the molecule is C[C@@]1(F)CCOC1=O. The maximum absolute atomic E-state index is 12.5. The molecule has 8 heavy (non-hydrogen) atoms. The molecule has 0 unspecified atom stereocenters. The van der Waals surface area contributed by atoms with Gasteiger partial charge in [-0.15, -0.1) is 0 Å². The second-order valence-corrected chi connectivity index (χ2v) is 2.08. The van der Waals surface area contributed by atoms with Crippen LogP contribution in [0.2, 0.25) is 0 Å². The summed E-state index contributed by atoms with van der Waals surface area (Å²) in [5, 5.41) is 0. The third kappa shape index (κ3) is 0.680. The van der Waals surface area contributed by atoms with Crippen LogP contribution in [0.15, 0.2) is 0 Å². The van der Waals surface area contributed by atoms with Crippen LogP contribution in [0, 0.1) is 0 Å². The van der Waals surface area contributed by atoms with Gasteiger partial charge in [-0.05, 0) is 6.92 Å². The first kappa shape index (κ1) is 5.54. The van der Waals surface area contributed by atoms with Gasteiger partial charge in [0.2, 0.25) is 5.67 Å². The molecule has 0 aliphatic carbocycles. The summed E-state index contributed by atoms with van der Waals surface area (Å²) in [4.78, 5) is 10.3. The van der Waals surface area contributed by atoms with Crippen LogP contribution in [0.1, 0.15) is 13.3 Å². The quantitative estimate of drug-likeness (QED) is 0.437. The Morgan fingerprint density at radius 2 is 2.50 bits per heavy atom. The molecule has 0 saturated carbocycles. The number of esters is 1.